The van der Waals surface area contributed by atoms with Crippen LogP contribution in [0.1, 0.15) is 51.3 Å². The lowest BCUT2D eigenvalue weighted by atomic mass is 10.1. The van der Waals surface area contributed by atoms with E-state index in [0.29, 0.717) is 0 Å². The van der Waals surface area contributed by atoms with Crippen molar-refractivity contribution in [2.24, 2.45) is 0 Å². The van der Waals surface area contributed by atoms with Crippen LogP contribution in [0.15, 0.2) is 18.2 Å². The molecular weight excluding hydrogens is 272 g/mol. The Morgan fingerprint density at radius 1 is 1.27 bits per heavy atom. The smallest absolute Gasteiger partial charge is 0.120 e. The quantitative estimate of drug-likeness (QED) is 0.768. The first-order valence-corrected chi connectivity index (χ1v) is 8.55. The molecule has 2 rings (SSSR count). The fourth-order valence-electron chi connectivity index (χ4n) is 2.92. The van der Waals surface area contributed by atoms with Crippen LogP contribution in [0.4, 0.5) is 0 Å². The fraction of sp³-hybridized carbons (Fsp3) is 0.579. The predicted octanol–water partition coefficient (Wildman–Crippen LogP) is 4.65. The number of aryl methyl sites for hydroxylation is 1. The summed E-state index contributed by atoms with van der Waals surface area (Å²) >= 11 is 0. The van der Waals surface area contributed by atoms with Crippen molar-refractivity contribution in [3.05, 3.63) is 29.5 Å². The minimum absolute atomic E-state index is 0.258. The molecule has 22 heavy (non-hydrogen) atoms. The third kappa shape index (κ3) is 3.46. The van der Waals surface area contributed by atoms with E-state index in [1.54, 1.807) is 0 Å². The first-order valence-electron chi connectivity index (χ1n) is 8.55. The van der Waals surface area contributed by atoms with E-state index in [0.717, 1.165) is 25.3 Å². The Bertz CT molecular complexity index is 615. The van der Waals surface area contributed by atoms with Crippen LogP contribution < -0.4 is 10.1 Å². The molecule has 1 atom stereocenters. The highest BCUT2D eigenvalue weighted by Gasteiger charge is 2.14. The Balaban J connectivity index is 2.47. The van der Waals surface area contributed by atoms with E-state index in [-0.39, 0.29) is 6.10 Å². The number of unbranched alkanes of at least 4 members (excludes halogenated alkanes) is 1. The van der Waals surface area contributed by atoms with E-state index in [2.05, 4.69) is 55.8 Å². The molecule has 1 aromatic carbocycles. The molecule has 122 valence electrons. The molecule has 0 saturated carbocycles. The van der Waals surface area contributed by atoms with Gasteiger partial charge in [0.15, 0.2) is 0 Å². The lowest BCUT2D eigenvalue weighted by Gasteiger charge is -2.13. The summed E-state index contributed by atoms with van der Waals surface area (Å²) in [6.07, 6.45) is 3.72. The minimum atomic E-state index is 0.258. The summed E-state index contributed by atoms with van der Waals surface area (Å²) < 4.78 is 8.46. The van der Waals surface area contributed by atoms with Crippen molar-refractivity contribution >= 4 is 10.9 Å². The number of hydrogen-bond acceptors (Lipinski definition) is 2. The number of benzene rings is 1. The number of ether oxygens (including phenoxy) is 1. The molecule has 1 aromatic heterocycles. The number of hydrogen-bond donors (Lipinski definition) is 1. The summed E-state index contributed by atoms with van der Waals surface area (Å²) in [5, 5.41) is 4.63. The molecule has 0 aliphatic heterocycles. The van der Waals surface area contributed by atoms with Crippen LogP contribution in [-0.2, 0) is 13.1 Å². The average molecular weight is 302 g/mol. The largest absolute Gasteiger partial charge is 0.491 e. The van der Waals surface area contributed by atoms with Gasteiger partial charge in [0, 0.05) is 29.7 Å². The van der Waals surface area contributed by atoms with Crippen molar-refractivity contribution < 1.29 is 4.74 Å². The predicted molar refractivity (Wildman–Crippen MR) is 94.7 cm³/mol. The molecule has 2 aromatic rings. The second kappa shape index (κ2) is 7.68. The Morgan fingerprint density at radius 2 is 2.05 bits per heavy atom. The van der Waals surface area contributed by atoms with Gasteiger partial charge >= 0.3 is 0 Å². The van der Waals surface area contributed by atoms with E-state index in [9.17, 15) is 0 Å². The molecule has 0 saturated heterocycles. The molecule has 0 unspecified atom stereocenters. The Hall–Kier alpha value is -1.48. The Morgan fingerprint density at radius 3 is 2.68 bits per heavy atom. The van der Waals surface area contributed by atoms with Gasteiger partial charge in [0.2, 0.25) is 0 Å². The third-order valence-electron chi connectivity index (χ3n) is 4.43. The molecule has 1 N–H and O–H groups in total. The summed E-state index contributed by atoms with van der Waals surface area (Å²) in [5.74, 6) is 0.979. The summed E-state index contributed by atoms with van der Waals surface area (Å²) in [6.45, 7) is 10.7. The fourth-order valence-corrected chi connectivity index (χ4v) is 2.92. The number of aromatic nitrogens is 1. The van der Waals surface area contributed by atoms with Crippen molar-refractivity contribution in [3.8, 4) is 5.75 Å². The van der Waals surface area contributed by atoms with Crippen LogP contribution in [0.3, 0.4) is 0 Å². The minimum Gasteiger partial charge on any atom is -0.491 e. The van der Waals surface area contributed by atoms with Crippen molar-refractivity contribution in [2.75, 3.05) is 7.05 Å². The van der Waals surface area contributed by atoms with Gasteiger partial charge in [-0.15, -0.1) is 0 Å². The number of nitrogens with one attached hydrogen (secondary N) is 1. The van der Waals surface area contributed by atoms with Gasteiger partial charge in [-0.1, -0.05) is 20.3 Å². The third-order valence-corrected chi connectivity index (χ3v) is 4.43. The standard InChI is InChI=1S/C19H30N2O/c1-6-8-11-21-15(4)18(13-20-5)17-12-16(9-10-19(17)21)22-14(3)7-2/h9-10,12,14,20H,6-8,11,13H2,1-5H3/t14-/m0/s1. The van der Waals surface area contributed by atoms with E-state index < -0.39 is 0 Å². The van der Waals surface area contributed by atoms with Crippen molar-refractivity contribution in [1.29, 1.82) is 0 Å². The Labute approximate surface area is 134 Å². The van der Waals surface area contributed by atoms with Gasteiger partial charge in [-0.25, -0.2) is 0 Å². The van der Waals surface area contributed by atoms with E-state index >= 15 is 0 Å². The molecule has 0 spiro atoms. The maximum atomic E-state index is 6.01. The molecule has 0 radical (unpaired) electrons. The number of nitrogens with zero attached hydrogens (tertiary/aromatic N) is 1. The van der Waals surface area contributed by atoms with Crippen LogP contribution in [-0.4, -0.2) is 17.7 Å². The highest BCUT2D eigenvalue weighted by molar-refractivity contribution is 5.87. The average Bonchev–Trinajstić information content (AvgIpc) is 2.77. The first kappa shape index (κ1) is 16.9. The highest BCUT2D eigenvalue weighted by Crippen LogP contribution is 2.30. The molecule has 0 fully saturated rings. The van der Waals surface area contributed by atoms with Crippen LogP contribution in [0.2, 0.25) is 0 Å². The lowest BCUT2D eigenvalue weighted by molar-refractivity contribution is 0.217. The topological polar surface area (TPSA) is 26.2 Å². The maximum absolute atomic E-state index is 6.01. The normalized spacial score (nSPS) is 12.8. The molecule has 0 aliphatic rings. The van der Waals surface area contributed by atoms with E-state index in [1.165, 1.54) is 35.0 Å². The molecule has 0 amide bonds. The van der Waals surface area contributed by atoms with E-state index in [4.69, 9.17) is 4.74 Å². The second-order valence-electron chi connectivity index (χ2n) is 6.12. The Kier molecular flexibility index (Phi) is 5.90. The molecular formula is C19H30N2O. The zero-order valence-electron chi connectivity index (χ0n) is 14.7. The molecule has 3 heteroatoms. The molecule has 0 bridgehead atoms. The van der Waals surface area contributed by atoms with Crippen LogP contribution in [0.25, 0.3) is 10.9 Å². The molecule has 0 aliphatic carbocycles. The van der Waals surface area contributed by atoms with Crippen molar-refractivity contribution in [3.63, 3.8) is 0 Å². The van der Waals surface area contributed by atoms with Crippen LogP contribution >= 0.6 is 0 Å². The van der Waals surface area contributed by atoms with Gasteiger partial charge in [0.25, 0.3) is 0 Å². The maximum Gasteiger partial charge on any atom is 0.120 e. The van der Waals surface area contributed by atoms with E-state index in [1.807, 2.05) is 7.05 Å². The van der Waals surface area contributed by atoms with Crippen molar-refractivity contribution in [1.82, 2.24) is 9.88 Å². The highest BCUT2D eigenvalue weighted by atomic mass is 16.5. The zero-order chi connectivity index (χ0) is 16.1. The lowest BCUT2D eigenvalue weighted by Crippen LogP contribution is -2.09. The summed E-state index contributed by atoms with van der Waals surface area (Å²) in [5.41, 5.74) is 4.09. The van der Waals surface area contributed by atoms with Gasteiger partial charge in [0.05, 0.1) is 6.10 Å². The van der Waals surface area contributed by atoms with Crippen LogP contribution in [0, 0.1) is 6.92 Å². The summed E-state index contributed by atoms with van der Waals surface area (Å²) in [6, 6.07) is 6.54. The summed E-state index contributed by atoms with van der Waals surface area (Å²) in [4.78, 5) is 0. The van der Waals surface area contributed by atoms with Gasteiger partial charge < -0.3 is 14.6 Å². The summed E-state index contributed by atoms with van der Waals surface area (Å²) in [7, 11) is 2.01. The second-order valence-corrected chi connectivity index (χ2v) is 6.12. The number of rotatable bonds is 8. The first-order chi connectivity index (χ1) is 10.6. The van der Waals surface area contributed by atoms with Gasteiger partial charge in [-0.3, -0.25) is 0 Å². The van der Waals surface area contributed by atoms with Gasteiger partial charge in [-0.2, -0.15) is 0 Å². The zero-order valence-corrected chi connectivity index (χ0v) is 14.7. The molecule has 3 nitrogen and oxygen atoms in total. The number of fused-ring (bicyclic) bond motifs is 1. The van der Waals surface area contributed by atoms with Gasteiger partial charge in [-0.05, 0) is 57.5 Å². The van der Waals surface area contributed by atoms with Crippen molar-refractivity contribution in [2.45, 2.75) is 66.2 Å². The van der Waals surface area contributed by atoms with Gasteiger partial charge in [0.1, 0.15) is 5.75 Å². The monoisotopic (exact) mass is 302 g/mol. The molecule has 1 heterocycles. The SMILES string of the molecule is CCCCn1c(C)c(CNC)c2cc(O[C@@H](C)CC)ccc21. The van der Waals surface area contributed by atoms with Crippen LogP contribution in [0.5, 0.6) is 5.75 Å².